The summed E-state index contributed by atoms with van der Waals surface area (Å²) in [6, 6.07) is 18.6. The van der Waals surface area contributed by atoms with Gasteiger partial charge < -0.3 is 5.32 Å². The van der Waals surface area contributed by atoms with Crippen molar-refractivity contribution in [2.75, 3.05) is 5.32 Å². The topological polar surface area (TPSA) is 83.6 Å². The van der Waals surface area contributed by atoms with Crippen LogP contribution in [0, 0.1) is 0 Å². The molecule has 2 aromatic carbocycles. The zero-order valence-corrected chi connectivity index (χ0v) is 12.6. The van der Waals surface area contributed by atoms with Crippen LogP contribution in [-0.4, -0.2) is 20.2 Å². The number of H-pyrrole nitrogens is 1. The number of hydrogen-bond donors (Lipinski definition) is 2. The quantitative estimate of drug-likeness (QED) is 0.607. The van der Waals surface area contributed by atoms with Crippen LogP contribution in [0.4, 0.5) is 11.5 Å². The zero-order chi connectivity index (χ0) is 16.4. The highest BCUT2D eigenvalue weighted by Gasteiger charge is 2.03. The zero-order valence-electron chi connectivity index (χ0n) is 12.6. The van der Waals surface area contributed by atoms with Crippen LogP contribution in [0.1, 0.15) is 0 Å². The van der Waals surface area contributed by atoms with Crippen molar-refractivity contribution < 1.29 is 0 Å². The van der Waals surface area contributed by atoms with Gasteiger partial charge in [0.2, 0.25) is 0 Å². The Hall–Kier alpha value is -3.54. The first-order valence-corrected chi connectivity index (χ1v) is 7.43. The average Bonchev–Trinajstić information content (AvgIpc) is 2.62. The number of rotatable bonds is 3. The van der Waals surface area contributed by atoms with Gasteiger partial charge in [0, 0.05) is 17.3 Å². The Bertz CT molecular complexity index is 1050. The van der Waals surface area contributed by atoms with Gasteiger partial charge in [0.1, 0.15) is 5.82 Å². The highest BCUT2D eigenvalue weighted by atomic mass is 16.1. The molecule has 0 atom stereocenters. The normalized spacial score (nSPS) is 10.7. The van der Waals surface area contributed by atoms with Crippen molar-refractivity contribution >= 4 is 22.5 Å². The third-order valence-corrected chi connectivity index (χ3v) is 3.56. The second-order valence-electron chi connectivity index (χ2n) is 5.26. The summed E-state index contributed by atoms with van der Waals surface area (Å²) in [6.07, 6.45) is 1.70. The number of aromatic amines is 1. The number of fused-ring (bicyclic) bond motifs is 1. The van der Waals surface area contributed by atoms with Crippen molar-refractivity contribution in [2.24, 2.45) is 0 Å². The largest absolute Gasteiger partial charge is 0.339 e. The molecule has 0 fully saturated rings. The van der Waals surface area contributed by atoms with E-state index < -0.39 is 0 Å². The Morgan fingerprint density at radius 1 is 0.917 bits per heavy atom. The van der Waals surface area contributed by atoms with Crippen LogP contribution in [0.15, 0.2) is 71.7 Å². The van der Waals surface area contributed by atoms with Crippen LogP contribution >= 0.6 is 0 Å². The minimum absolute atomic E-state index is 0.223. The molecule has 0 saturated carbocycles. The maximum atomic E-state index is 11.1. The molecule has 116 valence electrons. The lowest BCUT2D eigenvalue weighted by atomic mass is 10.1. The van der Waals surface area contributed by atoms with Gasteiger partial charge in [-0.05, 0) is 30.3 Å². The van der Waals surface area contributed by atoms with Crippen molar-refractivity contribution in [3.63, 3.8) is 0 Å². The Balaban J connectivity index is 1.65. The van der Waals surface area contributed by atoms with Gasteiger partial charge in [-0.25, -0.2) is 10.1 Å². The third kappa shape index (κ3) is 2.85. The molecule has 4 rings (SSSR count). The highest BCUT2D eigenvalue weighted by Crippen LogP contribution is 2.22. The lowest BCUT2D eigenvalue weighted by Crippen LogP contribution is -2.05. The number of nitrogens with zero attached hydrogens (tertiary/aromatic N) is 3. The Kier molecular flexibility index (Phi) is 3.47. The van der Waals surface area contributed by atoms with E-state index in [9.17, 15) is 4.79 Å². The first-order valence-electron chi connectivity index (χ1n) is 7.43. The standard InChI is InChI=1S/C18H13N5O/c24-18-9-8-14(22-23-18)12-4-3-5-13(10-12)20-17-11-19-15-6-1-2-7-16(15)21-17/h1-11H,(H,20,21)(H,23,24). The summed E-state index contributed by atoms with van der Waals surface area (Å²) < 4.78 is 0. The lowest BCUT2D eigenvalue weighted by Gasteiger charge is -2.08. The number of aromatic nitrogens is 4. The van der Waals surface area contributed by atoms with Gasteiger partial charge >= 0.3 is 0 Å². The summed E-state index contributed by atoms with van der Waals surface area (Å²) in [4.78, 5) is 20.1. The van der Waals surface area contributed by atoms with Crippen molar-refractivity contribution in [1.82, 2.24) is 20.2 Å². The molecule has 0 saturated heterocycles. The predicted molar refractivity (Wildman–Crippen MR) is 93.1 cm³/mol. The fourth-order valence-corrected chi connectivity index (χ4v) is 2.43. The monoisotopic (exact) mass is 315 g/mol. The molecule has 0 radical (unpaired) electrons. The molecule has 2 aromatic heterocycles. The molecule has 0 aliphatic carbocycles. The summed E-state index contributed by atoms with van der Waals surface area (Å²) in [6.45, 7) is 0. The molecule has 6 heteroatoms. The van der Waals surface area contributed by atoms with Crippen LogP contribution in [0.3, 0.4) is 0 Å². The van der Waals surface area contributed by atoms with Crippen LogP contribution in [0.5, 0.6) is 0 Å². The summed E-state index contributed by atoms with van der Waals surface area (Å²) >= 11 is 0. The van der Waals surface area contributed by atoms with Crippen molar-refractivity contribution in [3.8, 4) is 11.3 Å². The van der Waals surface area contributed by atoms with Gasteiger partial charge in [-0.2, -0.15) is 5.10 Å². The molecule has 0 spiro atoms. The SMILES string of the molecule is O=c1ccc(-c2cccc(Nc3cnc4ccccc4n3)c2)n[nH]1. The smallest absolute Gasteiger partial charge is 0.264 e. The Labute approximate surface area is 137 Å². The van der Waals surface area contributed by atoms with Crippen LogP contribution in [-0.2, 0) is 0 Å². The van der Waals surface area contributed by atoms with E-state index in [4.69, 9.17) is 0 Å². The molecule has 0 amide bonds. The van der Waals surface area contributed by atoms with E-state index in [0.29, 0.717) is 11.5 Å². The molecule has 0 aliphatic heterocycles. The second-order valence-corrected chi connectivity index (χ2v) is 5.26. The minimum Gasteiger partial charge on any atom is -0.339 e. The van der Waals surface area contributed by atoms with E-state index in [0.717, 1.165) is 22.3 Å². The number of nitrogens with one attached hydrogen (secondary N) is 2. The van der Waals surface area contributed by atoms with Gasteiger partial charge in [-0.15, -0.1) is 0 Å². The molecule has 24 heavy (non-hydrogen) atoms. The molecular weight excluding hydrogens is 302 g/mol. The molecule has 0 unspecified atom stereocenters. The van der Waals surface area contributed by atoms with Gasteiger partial charge in [-0.1, -0.05) is 24.3 Å². The molecule has 2 N–H and O–H groups in total. The fraction of sp³-hybridized carbons (Fsp3) is 0. The van der Waals surface area contributed by atoms with Crippen molar-refractivity contribution in [2.45, 2.75) is 0 Å². The van der Waals surface area contributed by atoms with E-state index in [1.807, 2.05) is 48.5 Å². The third-order valence-electron chi connectivity index (χ3n) is 3.56. The lowest BCUT2D eigenvalue weighted by molar-refractivity contribution is 0.995. The minimum atomic E-state index is -0.223. The number of hydrogen-bond acceptors (Lipinski definition) is 5. The number of anilines is 2. The van der Waals surface area contributed by atoms with E-state index in [1.165, 1.54) is 6.07 Å². The van der Waals surface area contributed by atoms with Crippen molar-refractivity contribution in [3.05, 3.63) is 77.2 Å². The molecular formula is C18H13N5O. The average molecular weight is 315 g/mol. The summed E-state index contributed by atoms with van der Waals surface area (Å²) in [7, 11) is 0. The Morgan fingerprint density at radius 2 is 1.79 bits per heavy atom. The summed E-state index contributed by atoms with van der Waals surface area (Å²) in [5.41, 5.74) is 3.92. The molecule has 0 bridgehead atoms. The highest BCUT2D eigenvalue weighted by molar-refractivity contribution is 5.76. The number of benzene rings is 2. The van der Waals surface area contributed by atoms with E-state index in [2.05, 4.69) is 25.5 Å². The summed E-state index contributed by atoms with van der Waals surface area (Å²) in [5.74, 6) is 0.667. The maximum absolute atomic E-state index is 11.1. The Morgan fingerprint density at radius 3 is 2.62 bits per heavy atom. The molecule has 2 heterocycles. The molecule has 6 nitrogen and oxygen atoms in total. The molecule has 0 aliphatic rings. The molecule has 4 aromatic rings. The van der Waals surface area contributed by atoms with Gasteiger partial charge in [0.25, 0.3) is 5.56 Å². The van der Waals surface area contributed by atoms with Gasteiger partial charge in [-0.3, -0.25) is 9.78 Å². The number of para-hydroxylation sites is 2. The first kappa shape index (κ1) is 14.1. The van der Waals surface area contributed by atoms with Gasteiger partial charge in [0.15, 0.2) is 0 Å². The first-order chi connectivity index (χ1) is 11.8. The van der Waals surface area contributed by atoms with Gasteiger partial charge in [0.05, 0.1) is 22.9 Å². The van der Waals surface area contributed by atoms with Crippen molar-refractivity contribution in [1.29, 1.82) is 0 Å². The van der Waals surface area contributed by atoms with Crippen LogP contribution in [0.25, 0.3) is 22.3 Å². The second kappa shape index (κ2) is 5.92. The fourth-order valence-electron chi connectivity index (χ4n) is 2.43. The van der Waals surface area contributed by atoms with Crippen LogP contribution < -0.4 is 10.9 Å². The summed E-state index contributed by atoms with van der Waals surface area (Å²) in [5, 5.41) is 9.73. The van der Waals surface area contributed by atoms with E-state index in [-0.39, 0.29) is 5.56 Å². The maximum Gasteiger partial charge on any atom is 0.264 e. The van der Waals surface area contributed by atoms with E-state index in [1.54, 1.807) is 12.3 Å². The predicted octanol–water partition coefficient (Wildman–Crippen LogP) is 3.12. The van der Waals surface area contributed by atoms with Crippen LogP contribution in [0.2, 0.25) is 0 Å². The van der Waals surface area contributed by atoms with E-state index >= 15 is 0 Å².